The third-order valence-electron chi connectivity index (χ3n) is 5.76. The Kier molecular flexibility index (Phi) is 4.81. The summed E-state index contributed by atoms with van der Waals surface area (Å²) in [5.41, 5.74) is 3.22. The highest BCUT2D eigenvalue weighted by atomic mass is 32.1. The van der Waals surface area contributed by atoms with Gasteiger partial charge in [0.2, 0.25) is 5.56 Å². The highest BCUT2D eigenvalue weighted by Gasteiger charge is 2.20. The first kappa shape index (κ1) is 18.3. The van der Waals surface area contributed by atoms with Crippen LogP contribution in [0.25, 0.3) is 21.0 Å². The number of H-pyrrole nitrogens is 1. The zero-order valence-electron chi connectivity index (χ0n) is 16.0. The fourth-order valence-corrected chi connectivity index (χ4v) is 5.06. The average molecular weight is 408 g/mol. The normalized spacial score (nSPS) is 15.4. The largest absolute Gasteiger partial charge is 0.368 e. The molecule has 1 aliphatic rings. The van der Waals surface area contributed by atoms with Crippen molar-refractivity contribution in [1.82, 2.24) is 9.88 Å². The van der Waals surface area contributed by atoms with E-state index in [1.165, 1.54) is 5.56 Å². The van der Waals surface area contributed by atoms with E-state index in [1.807, 2.05) is 23.6 Å². The van der Waals surface area contributed by atoms with Crippen molar-refractivity contribution in [3.05, 3.63) is 75.6 Å². The lowest BCUT2D eigenvalue weighted by molar-refractivity contribution is 0.261. The molecule has 1 aliphatic heterocycles. The number of benzene rings is 2. The highest BCUT2D eigenvalue weighted by molar-refractivity contribution is 7.17. The Bertz CT molecular complexity index is 1220. The first-order valence-corrected chi connectivity index (χ1v) is 10.8. The van der Waals surface area contributed by atoms with Crippen molar-refractivity contribution in [2.24, 2.45) is 0 Å². The molecule has 0 bridgehead atoms. The molecule has 148 valence electrons. The Morgan fingerprint density at radius 1 is 1.00 bits per heavy atom. The van der Waals surface area contributed by atoms with Crippen molar-refractivity contribution in [2.45, 2.75) is 6.42 Å². The predicted molar refractivity (Wildman–Crippen MR) is 119 cm³/mol. The van der Waals surface area contributed by atoms with E-state index in [-0.39, 0.29) is 11.4 Å². The van der Waals surface area contributed by atoms with E-state index >= 15 is 0 Å². The zero-order chi connectivity index (χ0) is 19.8. The van der Waals surface area contributed by atoms with E-state index in [0.717, 1.165) is 65.8 Å². The van der Waals surface area contributed by atoms with Crippen LogP contribution in [0.15, 0.2) is 58.7 Å². The van der Waals surface area contributed by atoms with Crippen LogP contribution in [0, 0.1) is 5.82 Å². The molecule has 4 aromatic rings. The summed E-state index contributed by atoms with van der Waals surface area (Å²) in [5, 5.41) is 3.75. The van der Waals surface area contributed by atoms with Gasteiger partial charge in [-0.2, -0.15) is 0 Å². The van der Waals surface area contributed by atoms with Crippen molar-refractivity contribution < 1.29 is 4.39 Å². The summed E-state index contributed by atoms with van der Waals surface area (Å²) < 4.78 is 15.0. The van der Waals surface area contributed by atoms with Gasteiger partial charge in [-0.05, 0) is 53.1 Å². The van der Waals surface area contributed by atoms with Gasteiger partial charge >= 0.3 is 0 Å². The molecule has 1 N–H and O–H groups in total. The molecule has 0 radical (unpaired) electrons. The summed E-state index contributed by atoms with van der Waals surface area (Å²) in [6.07, 6.45) is 0.957. The molecule has 1 fully saturated rings. The molecule has 1 saturated heterocycles. The number of nitrogens with zero attached hydrogens (tertiary/aromatic N) is 2. The Hall–Kier alpha value is -2.70. The molecule has 3 heterocycles. The van der Waals surface area contributed by atoms with E-state index in [9.17, 15) is 9.18 Å². The number of aromatic amines is 1. The van der Waals surface area contributed by atoms with Crippen LogP contribution in [0.2, 0.25) is 0 Å². The summed E-state index contributed by atoms with van der Waals surface area (Å²) in [6.45, 7) is 4.88. The maximum atomic E-state index is 14.0. The van der Waals surface area contributed by atoms with Gasteiger partial charge < -0.3 is 9.88 Å². The van der Waals surface area contributed by atoms with Gasteiger partial charge in [-0.15, -0.1) is 11.3 Å². The molecule has 0 spiro atoms. The number of halogens is 1. The summed E-state index contributed by atoms with van der Waals surface area (Å²) >= 11 is 1.61. The van der Waals surface area contributed by atoms with Crippen LogP contribution in [-0.4, -0.2) is 42.6 Å². The number of hydrogen-bond acceptors (Lipinski definition) is 4. The van der Waals surface area contributed by atoms with E-state index < -0.39 is 0 Å². The summed E-state index contributed by atoms with van der Waals surface area (Å²) in [4.78, 5) is 19.3. The van der Waals surface area contributed by atoms with E-state index in [4.69, 9.17) is 0 Å². The number of hydrogen-bond donors (Lipinski definition) is 1. The van der Waals surface area contributed by atoms with Crippen molar-refractivity contribution >= 4 is 38.0 Å². The number of thiophene rings is 1. The van der Waals surface area contributed by atoms with Gasteiger partial charge in [0.1, 0.15) is 5.82 Å². The van der Waals surface area contributed by atoms with Crippen LogP contribution in [0.3, 0.4) is 0 Å². The molecule has 29 heavy (non-hydrogen) atoms. The topological polar surface area (TPSA) is 39.3 Å². The first-order chi connectivity index (χ1) is 14.2. The van der Waals surface area contributed by atoms with Gasteiger partial charge in [0.25, 0.3) is 0 Å². The molecule has 4 nitrogen and oxygen atoms in total. The molecule has 5 rings (SSSR count). The van der Waals surface area contributed by atoms with Crippen LogP contribution in [0.5, 0.6) is 0 Å². The van der Waals surface area contributed by atoms with Crippen LogP contribution in [0.1, 0.15) is 5.56 Å². The van der Waals surface area contributed by atoms with Crippen molar-refractivity contribution in [2.75, 3.05) is 37.6 Å². The molecule has 6 heteroatoms. The molecular weight excluding hydrogens is 385 g/mol. The van der Waals surface area contributed by atoms with Gasteiger partial charge in [0.05, 0.1) is 10.4 Å². The fraction of sp³-hybridized carbons (Fsp3) is 0.261. The number of rotatable bonds is 4. The van der Waals surface area contributed by atoms with Crippen LogP contribution >= 0.6 is 11.3 Å². The summed E-state index contributed by atoms with van der Waals surface area (Å²) in [6, 6.07) is 15.1. The van der Waals surface area contributed by atoms with Crippen LogP contribution in [0.4, 0.5) is 10.1 Å². The number of anilines is 1. The average Bonchev–Trinajstić information content (AvgIpc) is 3.24. The molecule has 0 unspecified atom stereocenters. The maximum absolute atomic E-state index is 14.0. The van der Waals surface area contributed by atoms with Gasteiger partial charge in [0, 0.05) is 49.7 Å². The molecular formula is C23H22FN3OS. The first-order valence-electron chi connectivity index (χ1n) is 9.92. The fourth-order valence-electron chi connectivity index (χ4n) is 4.11. The Morgan fingerprint density at radius 3 is 2.69 bits per heavy atom. The molecule has 0 atom stereocenters. The van der Waals surface area contributed by atoms with Gasteiger partial charge in [0.15, 0.2) is 0 Å². The predicted octanol–water partition coefficient (Wildman–Crippen LogP) is 4.25. The summed E-state index contributed by atoms with van der Waals surface area (Å²) in [5.74, 6) is -0.139. The molecule has 2 aromatic carbocycles. The molecule has 0 aliphatic carbocycles. The third-order valence-corrected chi connectivity index (χ3v) is 6.70. The smallest absolute Gasteiger partial charge is 0.248 e. The number of aromatic nitrogens is 1. The van der Waals surface area contributed by atoms with Crippen LogP contribution < -0.4 is 10.5 Å². The maximum Gasteiger partial charge on any atom is 0.248 e. The van der Waals surface area contributed by atoms with Gasteiger partial charge in [-0.1, -0.05) is 12.1 Å². The van der Waals surface area contributed by atoms with Crippen molar-refractivity contribution in [3.63, 3.8) is 0 Å². The molecule has 0 saturated carbocycles. The summed E-state index contributed by atoms with van der Waals surface area (Å²) in [7, 11) is 0. The van der Waals surface area contributed by atoms with Gasteiger partial charge in [-0.3, -0.25) is 9.69 Å². The standard InChI is InChI=1S/C23H22FN3OS/c24-19-4-5-21(23-18(19)8-14-29-23)27-12-10-26(11-13-27)9-7-16-1-2-17-3-6-22(28)25-20(17)15-16/h1-6,8,14-15H,7,9-13H2,(H,25,28). The lowest BCUT2D eigenvalue weighted by atomic mass is 10.1. The van der Waals surface area contributed by atoms with Crippen molar-refractivity contribution in [1.29, 1.82) is 0 Å². The van der Waals surface area contributed by atoms with Crippen LogP contribution in [-0.2, 0) is 6.42 Å². The Labute approximate surface area is 172 Å². The lowest BCUT2D eigenvalue weighted by Crippen LogP contribution is -2.47. The Morgan fingerprint density at radius 2 is 1.83 bits per heavy atom. The van der Waals surface area contributed by atoms with E-state index in [1.54, 1.807) is 23.5 Å². The van der Waals surface area contributed by atoms with E-state index in [0.29, 0.717) is 0 Å². The minimum atomic E-state index is -0.139. The van der Waals surface area contributed by atoms with E-state index in [2.05, 4.69) is 33.0 Å². The second kappa shape index (κ2) is 7.61. The number of piperazine rings is 1. The quantitative estimate of drug-likeness (QED) is 0.550. The number of pyridine rings is 1. The second-order valence-corrected chi connectivity index (χ2v) is 8.47. The minimum absolute atomic E-state index is 0.0635. The zero-order valence-corrected chi connectivity index (χ0v) is 16.8. The number of nitrogens with one attached hydrogen (secondary N) is 1. The SMILES string of the molecule is O=c1ccc2ccc(CCN3CCN(c4ccc(F)c5ccsc45)CC3)cc2[nH]1. The minimum Gasteiger partial charge on any atom is -0.368 e. The monoisotopic (exact) mass is 407 g/mol. The Balaban J connectivity index is 1.23. The molecule has 0 amide bonds. The number of fused-ring (bicyclic) bond motifs is 2. The van der Waals surface area contributed by atoms with Gasteiger partial charge in [-0.25, -0.2) is 4.39 Å². The third kappa shape index (κ3) is 3.66. The lowest BCUT2D eigenvalue weighted by Gasteiger charge is -2.36. The molecule has 2 aromatic heterocycles. The van der Waals surface area contributed by atoms with Crippen molar-refractivity contribution in [3.8, 4) is 0 Å². The second-order valence-electron chi connectivity index (χ2n) is 7.55. The highest BCUT2D eigenvalue weighted by Crippen LogP contribution is 2.33.